The molecule has 0 fully saturated rings. The molecule has 4 N–H and O–H groups in total. The van der Waals surface area contributed by atoms with Crippen LogP contribution in [-0.4, -0.2) is 95.9 Å². The van der Waals surface area contributed by atoms with Crippen LogP contribution in [0.3, 0.4) is 0 Å². The summed E-state index contributed by atoms with van der Waals surface area (Å²) in [5.74, 6) is -1.66. The molecule has 0 radical (unpaired) electrons. The van der Waals surface area contributed by atoms with Crippen molar-refractivity contribution >= 4 is 33.6 Å². The Hall–Kier alpha value is -5.61. The lowest BCUT2D eigenvalue weighted by molar-refractivity contribution is -0.161. The van der Waals surface area contributed by atoms with Crippen LogP contribution in [0.5, 0.6) is 0 Å². The quantitative estimate of drug-likeness (QED) is 0.0146. The van der Waals surface area contributed by atoms with Gasteiger partial charge in [-0.1, -0.05) is 279 Å². The third-order valence-corrected chi connectivity index (χ3v) is 17.2. The average molecular weight is 1480 g/mol. The zero-order valence-corrected chi connectivity index (χ0v) is 65.2. The second kappa shape index (κ2) is 76.1. The van der Waals surface area contributed by atoms with Crippen LogP contribution in [0.2, 0.25) is 0 Å². The van der Waals surface area contributed by atoms with Gasteiger partial charge >= 0.3 is 33.6 Å². The van der Waals surface area contributed by atoms with E-state index in [4.69, 9.17) is 32.3 Å². The van der Waals surface area contributed by atoms with Gasteiger partial charge in [-0.25, -0.2) is 9.13 Å². The van der Waals surface area contributed by atoms with Gasteiger partial charge in [-0.15, -0.1) is 0 Å². The monoisotopic (exact) mass is 1470 g/mol. The maximum atomic E-state index is 13.0. The van der Waals surface area contributed by atoms with Gasteiger partial charge in [-0.3, -0.25) is 32.5 Å². The minimum absolute atomic E-state index is 0.0524. The van der Waals surface area contributed by atoms with Gasteiger partial charge in [0.2, 0.25) is 0 Å². The van der Waals surface area contributed by atoms with Gasteiger partial charge in [0.05, 0.1) is 26.4 Å². The second-order valence-electron chi connectivity index (χ2n) is 25.0. The van der Waals surface area contributed by atoms with Crippen molar-refractivity contribution in [3.63, 3.8) is 0 Å². The highest BCUT2D eigenvalue weighted by molar-refractivity contribution is 7.47. The van der Waals surface area contributed by atoms with Gasteiger partial charge in [0.25, 0.3) is 0 Å². The van der Waals surface area contributed by atoms with Crippen LogP contribution in [0.15, 0.2) is 194 Å². The summed E-state index contributed by atoms with van der Waals surface area (Å²) < 4.78 is 61.1. The van der Waals surface area contributed by atoms with Crippen molar-refractivity contribution < 1.29 is 75.8 Å². The first-order valence-electron chi connectivity index (χ1n) is 38.7. The van der Waals surface area contributed by atoms with Crippen molar-refractivity contribution in [2.45, 2.75) is 283 Å². The lowest BCUT2D eigenvalue weighted by Crippen LogP contribution is -2.30. The van der Waals surface area contributed by atoms with E-state index in [1.165, 1.54) is 19.3 Å². The maximum absolute atomic E-state index is 13.0. The summed E-state index contributed by atoms with van der Waals surface area (Å²) in [5, 5.41) is 20.6. The van der Waals surface area contributed by atoms with Crippen LogP contribution in [0.1, 0.15) is 265 Å². The van der Waals surface area contributed by atoms with E-state index in [0.29, 0.717) is 19.3 Å². The van der Waals surface area contributed by atoms with Crippen molar-refractivity contribution in [1.82, 2.24) is 0 Å². The average Bonchev–Trinajstić information content (AvgIpc) is 0.923. The van der Waals surface area contributed by atoms with Crippen LogP contribution >= 0.6 is 15.6 Å². The zero-order valence-electron chi connectivity index (χ0n) is 63.4. The summed E-state index contributed by atoms with van der Waals surface area (Å²) in [4.78, 5) is 58.7. The number of aliphatic hydroxyl groups excluding tert-OH is 2. The normalized spacial score (nSPS) is 15.1. The Balaban J connectivity index is 4.71. The predicted molar refractivity (Wildman–Crippen MR) is 426 cm³/mol. The van der Waals surface area contributed by atoms with Gasteiger partial charge in [-0.2, -0.15) is 0 Å². The van der Waals surface area contributed by atoms with Crippen molar-refractivity contribution in [3.8, 4) is 0 Å². The zero-order chi connectivity index (χ0) is 75.2. The maximum Gasteiger partial charge on any atom is 0.472 e. The van der Waals surface area contributed by atoms with Gasteiger partial charge < -0.3 is 34.2 Å². The smallest absolute Gasteiger partial charge is 0.463 e. The molecule has 0 rings (SSSR count). The van der Waals surface area contributed by atoms with Crippen molar-refractivity contribution in [3.05, 3.63) is 194 Å². The Labute approximate surface area is 623 Å². The molecule has 0 aliphatic heterocycles. The Morgan fingerprint density at radius 2 is 0.485 bits per heavy atom. The van der Waals surface area contributed by atoms with Crippen LogP contribution in [0, 0.1) is 0 Å². The number of ether oxygens (including phenoxy) is 3. The number of hydrogen-bond acceptors (Lipinski definition) is 14. The van der Waals surface area contributed by atoms with Crippen LogP contribution in [-0.2, 0) is 55.8 Å². The standard InChI is InChI=1S/C85H136O16P2/c1-4-7-10-13-16-19-22-25-28-31-34-36-37-38-39-40-41-43-46-47-50-53-56-59-62-65-68-71-83(88)95-74-80(86)75-97-102(91,92)98-76-81(87)77-99-103(93,94)100-79-82(101-85(90)73-70-67-64-61-58-55-52-49-44-33-30-27-24-21-18-15-12-9-6-3)78-96-84(89)72-69-66-63-60-57-54-51-48-45-42-35-32-29-26-23-20-17-14-11-8-5-2/h7-12,16-21,25-30,34-36,38-39,41-44,48-49,51,55,58,80-82,86-87H,4-6,13-15,22-24,31-33,37,40,45-47,50,52-54,56-57,59-79H2,1-3H3,(H,91,92)(H,93,94)/b10-7-,11-8-,12-9-,19-16-,20-17-,21-18-,28-25-,29-26-,30-27-,36-34-,39-38-,42-35-,43-41-,49-44-,51-48-,58-55-. The second-order valence-corrected chi connectivity index (χ2v) is 27.9. The van der Waals surface area contributed by atoms with Crippen LogP contribution in [0.4, 0.5) is 0 Å². The number of phosphoric acid groups is 2. The van der Waals surface area contributed by atoms with Crippen molar-refractivity contribution in [1.29, 1.82) is 0 Å². The molecule has 582 valence electrons. The van der Waals surface area contributed by atoms with E-state index in [1.54, 1.807) is 0 Å². The summed E-state index contributed by atoms with van der Waals surface area (Å²) in [5.41, 5.74) is 0. The molecule has 16 nitrogen and oxygen atoms in total. The number of aliphatic hydroxyl groups is 2. The molecule has 0 heterocycles. The Kier molecular flexibility index (Phi) is 71.9. The number of carbonyl (C=O) groups excluding carboxylic acids is 3. The SMILES string of the molecule is CC/C=C\C/C=C\C/C=C\C/C=C\C/C=C\C/C=C\CCCCCCCCCCC(=O)OCC(O)COP(=O)(O)OCC(O)COP(=O)(O)OCC(COC(=O)CCCCCCC/C=C\C/C=C\C/C=C\C/C=C\C/C=C\CC)OC(=O)CCCCC/C=C\C/C=C\C/C=C\C/C=C\C/C=C\CC. The van der Waals surface area contributed by atoms with E-state index < -0.39 is 91.5 Å². The minimum Gasteiger partial charge on any atom is -0.463 e. The first kappa shape index (κ1) is 97.4. The van der Waals surface area contributed by atoms with E-state index in [0.717, 1.165) is 186 Å². The van der Waals surface area contributed by atoms with E-state index >= 15 is 0 Å². The third-order valence-electron chi connectivity index (χ3n) is 15.3. The first-order valence-corrected chi connectivity index (χ1v) is 41.7. The molecule has 0 spiro atoms. The molecule has 0 aromatic rings. The third kappa shape index (κ3) is 77.3. The Bertz CT molecular complexity index is 2650. The highest BCUT2D eigenvalue weighted by atomic mass is 31.2. The molecule has 0 saturated heterocycles. The fourth-order valence-corrected chi connectivity index (χ4v) is 11.1. The van der Waals surface area contributed by atoms with E-state index in [9.17, 15) is 43.5 Å². The number of phosphoric ester groups is 2. The number of carbonyl (C=O) groups is 3. The summed E-state index contributed by atoms with van der Waals surface area (Å²) in [6.45, 7) is 2.24. The predicted octanol–water partition coefficient (Wildman–Crippen LogP) is 22.8. The number of rotatable bonds is 71. The van der Waals surface area contributed by atoms with E-state index in [2.05, 4.69) is 215 Å². The number of unbranched alkanes of at least 4 members (excludes halogenated alkanes) is 16. The molecule has 0 bridgehead atoms. The number of esters is 3. The molecule has 0 saturated carbocycles. The fraction of sp³-hybridized carbons (Fsp3) is 0.588. The molecule has 0 aliphatic carbocycles. The lowest BCUT2D eigenvalue weighted by atomic mass is 10.1. The van der Waals surface area contributed by atoms with Gasteiger partial charge in [0, 0.05) is 19.3 Å². The summed E-state index contributed by atoms with van der Waals surface area (Å²) in [6.07, 6.45) is 98.9. The largest absolute Gasteiger partial charge is 0.472 e. The molecule has 0 amide bonds. The summed E-state index contributed by atoms with van der Waals surface area (Å²) in [7, 11) is -9.83. The first-order chi connectivity index (χ1) is 50.2. The van der Waals surface area contributed by atoms with Crippen LogP contribution < -0.4 is 0 Å². The highest BCUT2D eigenvalue weighted by Crippen LogP contribution is 2.45. The lowest BCUT2D eigenvalue weighted by Gasteiger charge is -2.21. The van der Waals surface area contributed by atoms with Crippen molar-refractivity contribution in [2.75, 3.05) is 39.6 Å². The fourth-order valence-electron chi connectivity index (χ4n) is 9.51. The summed E-state index contributed by atoms with van der Waals surface area (Å²) in [6, 6.07) is 0. The molecule has 0 aromatic carbocycles. The topological polar surface area (TPSA) is 231 Å². The Morgan fingerprint density at radius 3 is 0.777 bits per heavy atom. The highest BCUT2D eigenvalue weighted by Gasteiger charge is 2.29. The molecule has 18 heteroatoms. The molecule has 0 aromatic heterocycles. The van der Waals surface area contributed by atoms with Gasteiger partial charge in [0.15, 0.2) is 6.10 Å². The van der Waals surface area contributed by atoms with Gasteiger partial charge in [0.1, 0.15) is 25.4 Å². The van der Waals surface area contributed by atoms with Crippen LogP contribution in [0.25, 0.3) is 0 Å². The molecule has 103 heavy (non-hydrogen) atoms. The summed E-state index contributed by atoms with van der Waals surface area (Å²) >= 11 is 0. The molecular formula is C85H136O16P2. The molecular weight excluding hydrogens is 1340 g/mol. The van der Waals surface area contributed by atoms with E-state index in [1.807, 2.05) is 0 Å². The van der Waals surface area contributed by atoms with Crippen molar-refractivity contribution in [2.24, 2.45) is 0 Å². The van der Waals surface area contributed by atoms with Gasteiger partial charge in [-0.05, 0) is 161 Å². The minimum atomic E-state index is -4.96. The Morgan fingerprint density at radius 1 is 0.272 bits per heavy atom. The van der Waals surface area contributed by atoms with E-state index in [-0.39, 0.29) is 19.3 Å². The number of allylic oxidation sites excluding steroid dienone is 32. The molecule has 0 aliphatic rings. The molecule has 5 atom stereocenters. The number of hydrogen-bond donors (Lipinski definition) is 4. The molecule has 5 unspecified atom stereocenters.